The smallest absolute Gasteiger partial charge is 0.145 e. The van der Waals surface area contributed by atoms with Gasteiger partial charge in [0.2, 0.25) is 0 Å². The second-order valence-electron chi connectivity index (χ2n) is 16.4. The van der Waals surface area contributed by atoms with E-state index in [1.54, 1.807) is 0 Å². The number of rotatable bonds is 9. The molecule has 0 aliphatic carbocycles. The number of nitrogens with zero attached hydrogens (tertiary/aromatic N) is 3. The van der Waals surface area contributed by atoms with Crippen LogP contribution < -0.4 is 4.90 Å². The van der Waals surface area contributed by atoms with Crippen LogP contribution in [0.2, 0.25) is 0 Å². The lowest BCUT2D eigenvalue weighted by molar-refractivity contribution is 1.10. The monoisotopic (exact) mass is 797 g/mol. The molecule has 1 heterocycles. The number of imidazole rings is 1. The SMILES string of the molecule is Cc1cc(C)cc(-c2c3ccccc3c(-c3cc(C)cc(C)c3)c3c2nc(-c2ccc(N(c4ccccc4)c4ccc(C=Cc5ccccc5)cc4)cc2)n3-c2ccccc2)c1. The molecule has 0 aliphatic heterocycles. The van der Waals surface area contributed by atoms with Crippen LogP contribution in [0, 0.1) is 27.7 Å². The van der Waals surface area contributed by atoms with Gasteiger partial charge in [-0.25, -0.2) is 4.98 Å². The molecule has 0 aliphatic rings. The van der Waals surface area contributed by atoms with Gasteiger partial charge in [-0.05, 0) is 121 Å². The number of para-hydroxylation sites is 2. The van der Waals surface area contributed by atoms with Crippen LogP contribution in [0.15, 0.2) is 200 Å². The van der Waals surface area contributed by atoms with Gasteiger partial charge >= 0.3 is 0 Å². The van der Waals surface area contributed by atoms with E-state index in [2.05, 4.69) is 243 Å². The first-order valence-corrected chi connectivity index (χ1v) is 21.4. The lowest BCUT2D eigenvalue weighted by Gasteiger charge is -2.25. The molecule has 0 N–H and O–H groups in total. The number of hydrogen-bond donors (Lipinski definition) is 0. The van der Waals surface area contributed by atoms with E-state index in [9.17, 15) is 0 Å². The Kier molecular flexibility index (Phi) is 10.1. The molecule has 0 amide bonds. The summed E-state index contributed by atoms with van der Waals surface area (Å²) in [7, 11) is 0. The van der Waals surface area contributed by atoms with E-state index in [-0.39, 0.29) is 0 Å². The summed E-state index contributed by atoms with van der Waals surface area (Å²) in [4.78, 5) is 8.08. The predicted molar refractivity (Wildman–Crippen MR) is 264 cm³/mol. The minimum Gasteiger partial charge on any atom is -0.311 e. The average molecular weight is 798 g/mol. The molecule has 0 unspecified atom stereocenters. The van der Waals surface area contributed by atoms with Gasteiger partial charge in [-0.15, -0.1) is 0 Å². The summed E-state index contributed by atoms with van der Waals surface area (Å²) in [5.41, 5.74) is 19.4. The summed E-state index contributed by atoms with van der Waals surface area (Å²) in [6.07, 6.45) is 4.32. The van der Waals surface area contributed by atoms with E-state index in [0.717, 1.165) is 56.3 Å². The molecule has 298 valence electrons. The third kappa shape index (κ3) is 7.39. The molecule has 9 aromatic carbocycles. The lowest BCUT2D eigenvalue weighted by Crippen LogP contribution is -2.09. The van der Waals surface area contributed by atoms with Gasteiger partial charge in [0.1, 0.15) is 5.82 Å². The molecule has 0 spiro atoms. The zero-order chi connectivity index (χ0) is 42.2. The quantitative estimate of drug-likeness (QED) is 0.136. The van der Waals surface area contributed by atoms with Crippen LogP contribution in [0.3, 0.4) is 0 Å². The molecule has 0 saturated carbocycles. The first kappa shape index (κ1) is 38.5. The largest absolute Gasteiger partial charge is 0.311 e. The Morgan fingerprint density at radius 3 is 1.40 bits per heavy atom. The number of aromatic nitrogens is 2. The molecule has 0 bridgehead atoms. The van der Waals surface area contributed by atoms with Gasteiger partial charge in [-0.3, -0.25) is 4.57 Å². The van der Waals surface area contributed by atoms with Crippen molar-refractivity contribution in [3.63, 3.8) is 0 Å². The van der Waals surface area contributed by atoms with Crippen LogP contribution >= 0.6 is 0 Å². The first-order chi connectivity index (χ1) is 30.4. The van der Waals surface area contributed by atoms with Crippen LogP contribution in [0.25, 0.3) is 73.3 Å². The zero-order valence-electron chi connectivity index (χ0n) is 35.5. The Bertz CT molecular complexity index is 3190. The van der Waals surface area contributed by atoms with E-state index < -0.39 is 0 Å². The van der Waals surface area contributed by atoms with Gasteiger partial charge < -0.3 is 4.90 Å². The summed E-state index contributed by atoms with van der Waals surface area (Å²) in [6, 6.07) is 72.1. The van der Waals surface area contributed by atoms with Gasteiger partial charge in [0.15, 0.2) is 0 Å². The van der Waals surface area contributed by atoms with E-state index in [1.807, 2.05) is 6.07 Å². The van der Waals surface area contributed by atoms with E-state index in [4.69, 9.17) is 4.98 Å². The molecule has 10 aromatic rings. The Labute approximate surface area is 364 Å². The number of fused-ring (bicyclic) bond motifs is 2. The maximum Gasteiger partial charge on any atom is 0.145 e. The summed E-state index contributed by atoms with van der Waals surface area (Å²) < 4.78 is 2.40. The van der Waals surface area contributed by atoms with Gasteiger partial charge in [0, 0.05) is 39.4 Å². The van der Waals surface area contributed by atoms with Crippen molar-refractivity contribution in [2.75, 3.05) is 4.90 Å². The first-order valence-electron chi connectivity index (χ1n) is 21.4. The summed E-state index contributed by atoms with van der Waals surface area (Å²) in [5.74, 6) is 0.894. The second-order valence-corrected chi connectivity index (χ2v) is 16.4. The maximum atomic E-state index is 5.76. The Morgan fingerprint density at radius 1 is 0.403 bits per heavy atom. The van der Waals surface area contributed by atoms with Crippen LogP contribution in [0.4, 0.5) is 17.1 Å². The molecule has 0 fully saturated rings. The molecule has 10 rings (SSSR count). The Balaban J connectivity index is 1.19. The van der Waals surface area contributed by atoms with Crippen LogP contribution in [-0.2, 0) is 0 Å². The van der Waals surface area contributed by atoms with Crippen molar-refractivity contribution in [3.05, 3.63) is 234 Å². The molecular formula is C59H47N3. The highest BCUT2D eigenvalue weighted by Crippen LogP contribution is 2.47. The number of anilines is 3. The number of hydrogen-bond acceptors (Lipinski definition) is 2. The molecule has 0 radical (unpaired) electrons. The van der Waals surface area contributed by atoms with Gasteiger partial charge in [0.25, 0.3) is 0 Å². The number of aryl methyl sites for hydroxylation is 4. The Morgan fingerprint density at radius 2 is 0.839 bits per heavy atom. The maximum absolute atomic E-state index is 5.76. The van der Waals surface area contributed by atoms with Crippen molar-refractivity contribution in [1.29, 1.82) is 0 Å². The highest BCUT2D eigenvalue weighted by atomic mass is 15.1. The molecule has 3 nitrogen and oxygen atoms in total. The minimum atomic E-state index is 0.894. The van der Waals surface area contributed by atoms with Crippen molar-refractivity contribution in [2.45, 2.75) is 27.7 Å². The van der Waals surface area contributed by atoms with Crippen molar-refractivity contribution in [3.8, 4) is 39.3 Å². The highest BCUT2D eigenvalue weighted by molar-refractivity contribution is 6.20. The fraction of sp³-hybridized carbons (Fsp3) is 0.0678. The molecule has 62 heavy (non-hydrogen) atoms. The lowest BCUT2D eigenvalue weighted by atomic mass is 9.88. The molecule has 3 heteroatoms. The van der Waals surface area contributed by atoms with Crippen LogP contribution in [0.1, 0.15) is 33.4 Å². The predicted octanol–water partition coefficient (Wildman–Crippen LogP) is 16.1. The Hall–Kier alpha value is -7.75. The number of benzene rings is 9. The normalized spacial score (nSPS) is 11.5. The topological polar surface area (TPSA) is 21.1 Å². The fourth-order valence-corrected chi connectivity index (χ4v) is 9.12. The second kappa shape index (κ2) is 16.4. The summed E-state index contributed by atoms with van der Waals surface area (Å²) >= 11 is 0. The van der Waals surface area contributed by atoms with Gasteiger partial charge in [-0.2, -0.15) is 0 Å². The van der Waals surface area contributed by atoms with Gasteiger partial charge in [0.05, 0.1) is 11.0 Å². The molecule has 0 atom stereocenters. The van der Waals surface area contributed by atoms with E-state index >= 15 is 0 Å². The highest BCUT2D eigenvalue weighted by Gasteiger charge is 2.26. The van der Waals surface area contributed by atoms with Crippen molar-refractivity contribution < 1.29 is 0 Å². The van der Waals surface area contributed by atoms with E-state index in [0.29, 0.717) is 0 Å². The summed E-state index contributed by atoms with van der Waals surface area (Å²) in [6.45, 7) is 8.76. The van der Waals surface area contributed by atoms with Crippen LogP contribution in [0.5, 0.6) is 0 Å². The summed E-state index contributed by atoms with van der Waals surface area (Å²) in [5, 5.41) is 2.40. The minimum absolute atomic E-state index is 0.894. The average Bonchev–Trinajstić information content (AvgIpc) is 3.68. The van der Waals surface area contributed by atoms with Crippen molar-refractivity contribution in [1.82, 2.24) is 9.55 Å². The van der Waals surface area contributed by atoms with Gasteiger partial charge in [-0.1, -0.05) is 174 Å². The fourth-order valence-electron chi connectivity index (χ4n) is 9.12. The van der Waals surface area contributed by atoms with Crippen molar-refractivity contribution >= 4 is 51.0 Å². The van der Waals surface area contributed by atoms with Crippen molar-refractivity contribution in [2.24, 2.45) is 0 Å². The standard InChI is InChI=1S/C59H47N3/c1-40-34-41(2)37-47(36-40)55-53-22-14-15-23-54(53)56(48-38-42(3)35-43(4)39-48)58-57(55)60-59(62(58)50-20-12-7-13-21-50)46-28-32-52(33-29-46)61(49-18-10-6-11-19-49)51-30-26-45(27-31-51)25-24-44-16-8-5-9-17-44/h5-39H,1-4H3. The van der Waals surface area contributed by atoms with Crippen LogP contribution in [-0.4, -0.2) is 9.55 Å². The molecule has 1 aromatic heterocycles. The third-order valence-electron chi connectivity index (χ3n) is 11.7. The molecular weight excluding hydrogens is 751 g/mol. The van der Waals surface area contributed by atoms with E-state index in [1.165, 1.54) is 55.3 Å². The zero-order valence-corrected chi connectivity index (χ0v) is 35.5. The third-order valence-corrected chi connectivity index (χ3v) is 11.7. The molecule has 0 saturated heterocycles.